The molecule has 1 aromatic carbocycles. The lowest BCUT2D eigenvalue weighted by atomic mass is 10.2. The summed E-state index contributed by atoms with van der Waals surface area (Å²) in [7, 11) is -4.07. The van der Waals surface area contributed by atoms with E-state index in [2.05, 4.69) is 4.98 Å². The molecular weight excluding hydrogens is 310 g/mol. The lowest BCUT2D eigenvalue weighted by Crippen LogP contribution is -2.14. The summed E-state index contributed by atoms with van der Waals surface area (Å²) in [5, 5.41) is -0.0246. The van der Waals surface area contributed by atoms with Crippen molar-refractivity contribution in [3.63, 3.8) is 0 Å². The summed E-state index contributed by atoms with van der Waals surface area (Å²) in [6.45, 7) is 1.37. The second-order valence-electron chi connectivity index (χ2n) is 4.00. The molecule has 4 nitrogen and oxygen atoms in total. The van der Waals surface area contributed by atoms with E-state index < -0.39 is 27.3 Å². The van der Waals surface area contributed by atoms with Crippen molar-refractivity contribution in [1.29, 1.82) is 0 Å². The first-order valence-corrected chi connectivity index (χ1v) is 7.26. The third-order valence-electron chi connectivity index (χ3n) is 2.50. The highest BCUT2D eigenvalue weighted by Crippen LogP contribution is 2.22. The highest BCUT2D eigenvalue weighted by Gasteiger charge is 2.18. The van der Waals surface area contributed by atoms with Crippen LogP contribution in [0.3, 0.4) is 0 Å². The molecule has 1 aromatic heterocycles. The highest BCUT2D eigenvalue weighted by molar-refractivity contribution is 7.92. The maximum absolute atomic E-state index is 13.6. The summed E-state index contributed by atoms with van der Waals surface area (Å²) >= 11 is 5.59. The molecule has 0 aliphatic carbocycles. The minimum atomic E-state index is -4.07. The van der Waals surface area contributed by atoms with E-state index in [1.54, 1.807) is 0 Å². The van der Waals surface area contributed by atoms with E-state index in [1.165, 1.54) is 19.2 Å². The Morgan fingerprint density at radius 2 is 1.90 bits per heavy atom. The number of nitrogens with one attached hydrogen (secondary N) is 1. The minimum absolute atomic E-state index is 0.0246. The third-order valence-corrected chi connectivity index (χ3v) is 4.07. The zero-order valence-electron chi connectivity index (χ0n) is 10.2. The molecule has 0 radical (unpaired) electrons. The first-order valence-electron chi connectivity index (χ1n) is 5.39. The van der Waals surface area contributed by atoms with Crippen LogP contribution in [-0.2, 0) is 10.0 Å². The van der Waals surface area contributed by atoms with Gasteiger partial charge in [0.05, 0.1) is 10.6 Å². The Morgan fingerprint density at radius 3 is 2.55 bits per heavy atom. The van der Waals surface area contributed by atoms with Gasteiger partial charge in [-0.3, -0.25) is 4.72 Å². The number of anilines is 1. The predicted octanol–water partition coefficient (Wildman–Crippen LogP) is 3.12. The van der Waals surface area contributed by atoms with E-state index in [1.807, 2.05) is 4.72 Å². The predicted molar refractivity (Wildman–Crippen MR) is 71.2 cm³/mol. The summed E-state index contributed by atoms with van der Waals surface area (Å²) in [6.07, 6.45) is 1.20. The number of rotatable bonds is 3. The molecule has 0 saturated heterocycles. The van der Waals surface area contributed by atoms with Gasteiger partial charge in [0.15, 0.2) is 0 Å². The molecule has 0 aliphatic heterocycles. The fourth-order valence-electron chi connectivity index (χ4n) is 1.48. The SMILES string of the molecule is Cc1cc(F)c(NS(=O)(=O)c2ccnc(Cl)c2)cc1F. The van der Waals surface area contributed by atoms with Crippen LogP contribution in [0, 0.1) is 18.6 Å². The zero-order chi connectivity index (χ0) is 14.9. The van der Waals surface area contributed by atoms with Gasteiger partial charge < -0.3 is 0 Å². The van der Waals surface area contributed by atoms with Crippen LogP contribution < -0.4 is 4.72 Å². The summed E-state index contributed by atoms with van der Waals surface area (Å²) in [6, 6.07) is 3.99. The first-order chi connectivity index (χ1) is 9.29. The number of nitrogens with zero attached hydrogens (tertiary/aromatic N) is 1. The van der Waals surface area contributed by atoms with Crippen molar-refractivity contribution in [2.45, 2.75) is 11.8 Å². The number of aryl methyl sites for hydroxylation is 1. The van der Waals surface area contributed by atoms with Crippen LogP contribution in [0.15, 0.2) is 35.4 Å². The van der Waals surface area contributed by atoms with Crippen LogP contribution in [0.1, 0.15) is 5.56 Å². The Morgan fingerprint density at radius 1 is 1.20 bits per heavy atom. The number of aromatic nitrogens is 1. The van der Waals surface area contributed by atoms with Crippen LogP contribution >= 0.6 is 11.6 Å². The van der Waals surface area contributed by atoms with Gasteiger partial charge in [0, 0.05) is 12.3 Å². The van der Waals surface area contributed by atoms with E-state index in [9.17, 15) is 17.2 Å². The molecule has 2 aromatic rings. The van der Waals surface area contributed by atoms with Gasteiger partial charge in [0.25, 0.3) is 10.0 Å². The molecule has 0 fully saturated rings. The first kappa shape index (κ1) is 14.7. The number of hydrogen-bond acceptors (Lipinski definition) is 3. The van der Waals surface area contributed by atoms with Crippen molar-refractivity contribution >= 4 is 27.3 Å². The number of halogens is 3. The normalized spacial score (nSPS) is 11.4. The lowest BCUT2D eigenvalue weighted by molar-refractivity contribution is 0.590. The highest BCUT2D eigenvalue weighted by atomic mass is 35.5. The Kier molecular flexibility index (Phi) is 3.92. The van der Waals surface area contributed by atoms with Crippen LogP contribution in [0.25, 0.3) is 0 Å². The van der Waals surface area contributed by atoms with Gasteiger partial charge >= 0.3 is 0 Å². The Hall–Kier alpha value is -1.73. The topological polar surface area (TPSA) is 59.1 Å². The number of benzene rings is 1. The van der Waals surface area contributed by atoms with Crippen molar-refractivity contribution in [3.05, 3.63) is 52.8 Å². The number of pyridine rings is 1. The Bertz CT molecular complexity index is 766. The molecule has 0 amide bonds. The Balaban J connectivity index is 2.41. The molecule has 20 heavy (non-hydrogen) atoms. The fourth-order valence-corrected chi connectivity index (χ4v) is 2.79. The van der Waals surface area contributed by atoms with Crippen LogP contribution in [0.5, 0.6) is 0 Å². The summed E-state index contributed by atoms with van der Waals surface area (Å²) < 4.78 is 53.0. The lowest BCUT2D eigenvalue weighted by Gasteiger charge is -2.10. The van der Waals surface area contributed by atoms with Crippen LogP contribution in [-0.4, -0.2) is 13.4 Å². The van der Waals surface area contributed by atoms with Crippen molar-refractivity contribution < 1.29 is 17.2 Å². The van der Waals surface area contributed by atoms with Gasteiger partial charge in [0.2, 0.25) is 0 Å². The molecule has 0 spiro atoms. The van der Waals surface area contributed by atoms with E-state index >= 15 is 0 Å². The van der Waals surface area contributed by atoms with Gasteiger partial charge in [-0.05, 0) is 30.7 Å². The van der Waals surface area contributed by atoms with E-state index in [0.717, 1.165) is 18.2 Å². The van der Waals surface area contributed by atoms with Crippen molar-refractivity contribution in [2.75, 3.05) is 4.72 Å². The minimum Gasteiger partial charge on any atom is -0.277 e. The molecule has 1 N–H and O–H groups in total. The quantitative estimate of drug-likeness (QED) is 0.885. The molecule has 8 heteroatoms. The molecular formula is C12H9ClF2N2O2S. The largest absolute Gasteiger partial charge is 0.277 e. The molecule has 0 bridgehead atoms. The maximum Gasteiger partial charge on any atom is 0.262 e. The van der Waals surface area contributed by atoms with Crippen LogP contribution in [0.2, 0.25) is 5.15 Å². The van der Waals surface area contributed by atoms with E-state index in [0.29, 0.717) is 0 Å². The van der Waals surface area contributed by atoms with Gasteiger partial charge in [0.1, 0.15) is 16.8 Å². The number of hydrogen-bond donors (Lipinski definition) is 1. The summed E-state index contributed by atoms with van der Waals surface area (Å²) in [5.74, 6) is -1.58. The molecule has 2 rings (SSSR count). The van der Waals surface area contributed by atoms with Gasteiger partial charge in [-0.25, -0.2) is 22.2 Å². The standard InChI is InChI=1S/C12H9ClF2N2O2S/c1-7-4-10(15)11(6-9(7)14)17-20(18,19)8-2-3-16-12(13)5-8/h2-6,17H,1H3. The summed E-state index contributed by atoms with van der Waals surface area (Å²) in [4.78, 5) is 3.45. The van der Waals surface area contributed by atoms with Crippen molar-refractivity contribution in [3.8, 4) is 0 Å². The smallest absolute Gasteiger partial charge is 0.262 e. The average molecular weight is 319 g/mol. The van der Waals surface area contributed by atoms with Gasteiger partial charge in [-0.2, -0.15) is 0 Å². The molecule has 0 unspecified atom stereocenters. The van der Waals surface area contributed by atoms with Crippen LogP contribution in [0.4, 0.5) is 14.5 Å². The molecule has 0 aliphatic rings. The monoisotopic (exact) mass is 318 g/mol. The second kappa shape index (κ2) is 5.34. The van der Waals surface area contributed by atoms with Gasteiger partial charge in [-0.15, -0.1) is 0 Å². The number of sulfonamides is 1. The zero-order valence-corrected chi connectivity index (χ0v) is 11.8. The molecule has 1 heterocycles. The second-order valence-corrected chi connectivity index (χ2v) is 6.07. The van der Waals surface area contributed by atoms with E-state index in [4.69, 9.17) is 11.6 Å². The average Bonchev–Trinajstić information content (AvgIpc) is 2.36. The maximum atomic E-state index is 13.6. The van der Waals surface area contributed by atoms with E-state index in [-0.39, 0.29) is 15.6 Å². The molecule has 106 valence electrons. The summed E-state index contributed by atoms with van der Waals surface area (Å²) in [5.41, 5.74) is -0.390. The molecule has 0 saturated carbocycles. The van der Waals surface area contributed by atoms with Crippen molar-refractivity contribution in [2.24, 2.45) is 0 Å². The van der Waals surface area contributed by atoms with Crippen molar-refractivity contribution in [1.82, 2.24) is 4.98 Å². The molecule has 0 atom stereocenters. The fraction of sp³-hybridized carbons (Fsp3) is 0.0833. The Labute approximate surface area is 119 Å². The van der Waals surface area contributed by atoms with Gasteiger partial charge in [-0.1, -0.05) is 11.6 Å². The third kappa shape index (κ3) is 3.05.